The molecule has 3 atom stereocenters. The zero-order valence-electron chi connectivity index (χ0n) is 17.4. The van der Waals surface area contributed by atoms with Crippen LogP contribution < -0.4 is 10.7 Å². The van der Waals surface area contributed by atoms with E-state index in [0.717, 1.165) is 37.8 Å². The molecule has 2 aromatic heterocycles. The molecule has 0 radical (unpaired) electrons. The molecule has 2 bridgehead atoms. The summed E-state index contributed by atoms with van der Waals surface area (Å²) in [6.45, 7) is -0.226. The molecule has 11 heteroatoms. The number of rotatable bonds is 3. The van der Waals surface area contributed by atoms with Gasteiger partial charge in [-0.15, -0.1) is 0 Å². The SMILES string of the molecule is O=C(NCc1ncccc1C(F)(F)F)c1cn2c(c(O)c1=O)C(=O)N1[C@@H]3CC[C@@H](C3)C[C@H]1C2. The minimum atomic E-state index is -4.65. The predicted octanol–water partition coefficient (Wildman–Crippen LogP) is 2.29. The highest BCUT2D eigenvalue weighted by molar-refractivity contribution is 5.99. The summed E-state index contributed by atoms with van der Waals surface area (Å²) in [5, 5.41) is 12.8. The fourth-order valence-corrected chi connectivity index (χ4v) is 5.43. The fourth-order valence-electron chi connectivity index (χ4n) is 5.43. The molecule has 2 amide bonds. The van der Waals surface area contributed by atoms with E-state index in [1.54, 1.807) is 4.90 Å². The van der Waals surface area contributed by atoms with Crippen molar-refractivity contribution >= 4 is 11.8 Å². The Kier molecular flexibility index (Phi) is 4.95. The molecular formula is C22H21F3N4O4. The molecule has 1 saturated heterocycles. The largest absolute Gasteiger partial charge is 0.503 e. The van der Waals surface area contributed by atoms with Gasteiger partial charge in [0.15, 0.2) is 11.4 Å². The van der Waals surface area contributed by atoms with E-state index >= 15 is 0 Å². The number of alkyl halides is 3. The van der Waals surface area contributed by atoms with Crippen LogP contribution in [-0.2, 0) is 19.3 Å². The highest BCUT2D eigenvalue weighted by atomic mass is 19.4. The van der Waals surface area contributed by atoms with E-state index in [0.29, 0.717) is 12.5 Å². The first kappa shape index (κ1) is 21.5. The lowest BCUT2D eigenvalue weighted by molar-refractivity contribution is -0.138. The minimum Gasteiger partial charge on any atom is -0.503 e. The van der Waals surface area contributed by atoms with Gasteiger partial charge < -0.3 is 19.9 Å². The molecule has 2 aliphatic heterocycles. The minimum absolute atomic E-state index is 0.0862. The fraction of sp³-hybridized carbons (Fsp3) is 0.455. The summed E-state index contributed by atoms with van der Waals surface area (Å²) in [7, 11) is 0. The maximum atomic E-state index is 13.2. The highest BCUT2D eigenvalue weighted by Crippen LogP contribution is 2.43. The Morgan fingerprint density at radius 1 is 1.21 bits per heavy atom. The molecule has 8 nitrogen and oxygen atoms in total. The standard InChI is InChI=1S/C22H21F3N4O4/c23-22(24,25)15-2-1-5-26-16(15)8-27-20(32)14-10-28-9-13-7-11-3-4-12(6-11)29(13)21(33)17(28)19(31)18(14)30/h1-2,5,10-13,31H,3-4,6-9H2,(H,27,32)/t11-,12+,13-/m0/s1. The molecule has 5 rings (SSSR count). The van der Waals surface area contributed by atoms with Crippen LogP contribution in [0.2, 0.25) is 0 Å². The monoisotopic (exact) mass is 462 g/mol. The van der Waals surface area contributed by atoms with E-state index in [-0.39, 0.29) is 17.8 Å². The van der Waals surface area contributed by atoms with Crippen molar-refractivity contribution in [2.45, 2.75) is 57.0 Å². The van der Waals surface area contributed by atoms with Crippen LogP contribution in [0.4, 0.5) is 13.2 Å². The summed E-state index contributed by atoms with van der Waals surface area (Å²) in [4.78, 5) is 43.9. The van der Waals surface area contributed by atoms with E-state index < -0.39 is 52.5 Å². The molecule has 0 aromatic carbocycles. The lowest BCUT2D eigenvalue weighted by Gasteiger charge is -2.44. The van der Waals surface area contributed by atoms with Gasteiger partial charge in [-0.2, -0.15) is 13.2 Å². The molecule has 0 unspecified atom stereocenters. The molecule has 2 N–H and O–H groups in total. The van der Waals surface area contributed by atoms with Crippen LogP contribution in [-0.4, -0.2) is 43.5 Å². The van der Waals surface area contributed by atoms with Crippen LogP contribution in [0.25, 0.3) is 0 Å². The molecule has 4 heterocycles. The van der Waals surface area contributed by atoms with Crippen molar-refractivity contribution in [2.75, 3.05) is 0 Å². The zero-order chi connectivity index (χ0) is 23.5. The molecular weight excluding hydrogens is 441 g/mol. The van der Waals surface area contributed by atoms with Gasteiger partial charge in [0.2, 0.25) is 5.43 Å². The summed E-state index contributed by atoms with van der Waals surface area (Å²) in [6, 6.07) is 1.99. The number of nitrogens with one attached hydrogen (secondary N) is 1. The van der Waals surface area contributed by atoms with Crippen molar-refractivity contribution in [3.63, 3.8) is 0 Å². The number of aromatic nitrogens is 2. The first-order chi connectivity index (χ1) is 15.6. The van der Waals surface area contributed by atoms with Crippen molar-refractivity contribution in [1.29, 1.82) is 0 Å². The van der Waals surface area contributed by atoms with E-state index in [4.69, 9.17) is 0 Å². The first-order valence-electron chi connectivity index (χ1n) is 10.7. The van der Waals surface area contributed by atoms with E-state index in [9.17, 15) is 32.7 Å². The van der Waals surface area contributed by atoms with E-state index in [1.165, 1.54) is 17.0 Å². The number of aromatic hydroxyl groups is 1. The van der Waals surface area contributed by atoms with Gasteiger partial charge in [0, 0.05) is 25.0 Å². The average molecular weight is 462 g/mol. The Bertz CT molecular complexity index is 1210. The summed E-state index contributed by atoms with van der Waals surface area (Å²) in [5.41, 5.74) is -3.02. The van der Waals surface area contributed by atoms with Gasteiger partial charge in [-0.05, 0) is 43.7 Å². The second-order valence-electron chi connectivity index (χ2n) is 8.83. The number of hydrogen-bond donors (Lipinski definition) is 2. The van der Waals surface area contributed by atoms with Crippen LogP contribution in [0, 0.1) is 5.92 Å². The smallest absolute Gasteiger partial charge is 0.418 e. The summed E-state index contributed by atoms with van der Waals surface area (Å²) in [6.07, 6.45) is 1.39. The summed E-state index contributed by atoms with van der Waals surface area (Å²) >= 11 is 0. The summed E-state index contributed by atoms with van der Waals surface area (Å²) in [5.74, 6) is -1.67. The highest BCUT2D eigenvalue weighted by Gasteiger charge is 2.46. The number of hydrogen-bond acceptors (Lipinski definition) is 5. The number of amides is 2. The van der Waals surface area contributed by atoms with Gasteiger partial charge >= 0.3 is 6.18 Å². The van der Waals surface area contributed by atoms with Crippen LogP contribution in [0.1, 0.15) is 57.8 Å². The molecule has 2 fully saturated rings. The van der Waals surface area contributed by atoms with Gasteiger partial charge in [-0.3, -0.25) is 19.4 Å². The Hall–Kier alpha value is -3.37. The number of halogens is 3. The van der Waals surface area contributed by atoms with Gasteiger partial charge in [0.1, 0.15) is 5.56 Å². The van der Waals surface area contributed by atoms with Crippen molar-refractivity contribution in [1.82, 2.24) is 19.8 Å². The number of pyridine rings is 2. The van der Waals surface area contributed by atoms with Gasteiger partial charge in [-0.25, -0.2) is 0 Å². The Balaban J connectivity index is 1.43. The topological polar surface area (TPSA) is 105 Å². The summed E-state index contributed by atoms with van der Waals surface area (Å²) < 4.78 is 40.9. The molecule has 3 aliphatic rings. The number of carbonyl (C=O) groups is 2. The Morgan fingerprint density at radius 3 is 2.73 bits per heavy atom. The van der Waals surface area contributed by atoms with Crippen molar-refractivity contribution in [3.8, 4) is 5.75 Å². The lowest BCUT2D eigenvalue weighted by Crippen LogP contribution is -2.55. The van der Waals surface area contributed by atoms with Gasteiger partial charge in [0.25, 0.3) is 11.8 Å². The van der Waals surface area contributed by atoms with Crippen molar-refractivity contribution in [2.24, 2.45) is 5.92 Å². The second-order valence-corrected chi connectivity index (χ2v) is 8.83. The lowest BCUT2D eigenvalue weighted by atomic mass is 9.90. The third-order valence-corrected chi connectivity index (χ3v) is 6.86. The third kappa shape index (κ3) is 3.55. The molecule has 2 aromatic rings. The number of fused-ring (bicyclic) bond motifs is 5. The van der Waals surface area contributed by atoms with E-state index in [2.05, 4.69) is 10.3 Å². The van der Waals surface area contributed by atoms with Crippen LogP contribution in [0.3, 0.4) is 0 Å². The van der Waals surface area contributed by atoms with Gasteiger partial charge in [0.05, 0.1) is 23.8 Å². The maximum absolute atomic E-state index is 13.2. The third-order valence-electron chi connectivity index (χ3n) is 6.86. The van der Waals surface area contributed by atoms with E-state index in [1.807, 2.05) is 0 Å². The molecule has 1 aliphatic carbocycles. The Morgan fingerprint density at radius 2 is 1.97 bits per heavy atom. The normalized spacial score (nSPS) is 23.8. The van der Waals surface area contributed by atoms with Crippen LogP contribution >= 0.6 is 0 Å². The molecule has 174 valence electrons. The molecule has 33 heavy (non-hydrogen) atoms. The quantitative estimate of drug-likeness (QED) is 0.729. The average Bonchev–Trinajstić information content (AvgIpc) is 3.14. The maximum Gasteiger partial charge on any atom is 0.418 e. The number of carbonyl (C=O) groups excluding carboxylic acids is 2. The molecule has 0 spiro atoms. The second kappa shape index (κ2) is 7.60. The predicted molar refractivity (Wildman–Crippen MR) is 108 cm³/mol. The van der Waals surface area contributed by atoms with Gasteiger partial charge in [-0.1, -0.05) is 0 Å². The Labute approximate surface area is 186 Å². The number of nitrogens with zero attached hydrogens (tertiary/aromatic N) is 3. The van der Waals surface area contributed by atoms with Crippen LogP contribution in [0.5, 0.6) is 5.75 Å². The number of piperidine rings is 1. The first-order valence-corrected chi connectivity index (χ1v) is 10.7. The van der Waals surface area contributed by atoms with Crippen molar-refractivity contribution < 1.29 is 27.9 Å². The molecule has 1 saturated carbocycles. The van der Waals surface area contributed by atoms with Crippen LogP contribution in [0.15, 0.2) is 29.3 Å². The van der Waals surface area contributed by atoms with Crippen molar-refractivity contribution in [3.05, 3.63) is 57.3 Å². The zero-order valence-corrected chi connectivity index (χ0v) is 17.4.